The zero-order chi connectivity index (χ0) is 22.1. The molecule has 0 atom stereocenters. The molecular weight excluding hydrogens is 410 g/mol. The second kappa shape index (κ2) is 10.5. The zero-order valence-corrected chi connectivity index (χ0v) is 18.1. The Labute approximate surface area is 176 Å². The van der Waals surface area contributed by atoms with E-state index in [9.17, 15) is 13.2 Å². The summed E-state index contributed by atoms with van der Waals surface area (Å²) in [5.74, 6) is 0.810. The average Bonchev–Trinajstić information content (AvgIpc) is 2.77. The number of nitrogens with one attached hydrogen (secondary N) is 1. The van der Waals surface area contributed by atoms with E-state index in [4.69, 9.17) is 14.2 Å². The summed E-state index contributed by atoms with van der Waals surface area (Å²) in [5, 5.41) is 3.91. The first kappa shape index (κ1) is 23.0. The van der Waals surface area contributed by atoms with Gasteiger partial charge in [0, 0.05) is 5.56 Å². The first-order valence-corrected chi connectivity index (χ1v) is 10.6. The number of carbonyl (C=O) groups is 1. The van der Waals surface area contributed by atoms with Gasteiger partial charge in [0.1, 0.15) is 12.3 Å². The molecule has 30 heavy (non-hydrogen) atoms. The molecule has 0 aromatic heterocycles. The largest absolute Gasteiger partial charge is 0.497 e. The standard InChI is InChI=1S/C20H25N3O6S/c1-5-30(25,26)23(16-9-11-17(27-2)12-10-16)14-19(24)22-21-13-15-7-6-8-18(28-3)20(15)29-4/h6-13H,5,14H2,1-4H3,(H,22,24)/b21-13-. The number of hydrazone groups is 1. The second-order valence-electron chi connectivity index (χ2n) is 5.98. The second-order valence-corrected chi connectivity index (χ2v) is 8.16. The summed E-state index contributed by atoms with van der Waals surface area (Å²) < 4.78 is 41.6. The van der Waals surface area contributed by atoms with E-state index in [-0.39, 0.29) is 5.75 Å². The van der Waals surface area contributed by atoms with Gasteiger partial charge < -0.3 is 14.2 Å². The number of hydrogen-bond acceptors (Lipinski definition) is 7. The Bertz CT molecular complexity index is 990. The van der Waals surface area contributed by atoms with E-state index in [0.717, 1.165) is 4.31 Å². The van der Waals surface area contributed by atoms with E-state index in [0.29, 0.717) is 28.5 Å². The molecule has 9 nitrogen and oxygen atoms in total. The van der Waals surface area contributed by atoms with Crippen LogP contribution in [-0.2, 0) is 14.8 Å². The van der Waals surface area contributed by atoms with Gasteiger partial charge in [0.2, 0.25) is 10.0 Å². The number of sulfonamides is 1. The van der Waals surface area contributed by atoms with Crippen LogP contribution in [0.25, 0.3) is 0 Å². The number of para-hydroxylation sites is 1. The minimum atomic E-state index is -3.68. The molecule has 0 fully saturated rings. The Hall–Kier alpha value is -3.27. The summed E-state index contributed by atoms with van der Waals surface area (Å²) in [7, 11) is 0.843. The Morgan fingerprint density at radius 1 is 1.07 bits per heavy atom. The van der Waals surface area contributed by atoms with Crippen LogP contribution in [0.3, 0.4) is 0 Å². The monoisotopic (exact) mass is 435 g/mol. The predicted molar refractivity (Wildman–Crippen MR) is 115 cm³/mol. The maximum atomic E-state index is 12.5. The molecule has 1 amide bonds. The molecule has 0 bridgehead atoms. The molecular formula is C20H25N3O6S. The van der Waals surface area contributed by atoms with Crippen LogP contribution in [0.4, 0.5) is 5.69 Å². The smallest absolute Gasteiger partial charge is 0.260 e. The van der Waals surface area contributed by atoms with Gasteiger partial charge in [-0.05, 0) is 43.3 Å². The third-order valence-electron chi connectivity index (χ3n) is 4.17. The van der Waals surface area contributed by atoms with E-state index in [1.165, 1.54) is 34.5 Å². The summed E-state index contributed by atoms with van der Waals surface area (Å²) >= 11 is 0. The Morgan fingerprint density at radius 3 is 2.33 bits per heavy atom. The number of hydrogen-bond donors (Lipinski definition) is 1. The minimum Gasteiger partial charge on any atom is -0.497 e. The summed E-state index contributed by atoms with van der Waals surface area (Å²) in [4.78, 5) is 12.4. The zero-order valence-electron chi connectivity index (χ0n) is 17.3. The van der Waals surface area contributed by atoms with E-state index in [1.54, 1.807) is 42.5 Å². The molecule has 0 spiro atoms. The number of benzene rings is 2. The lowest BCUT2D eigenvalue weighted by Crippen LogP contribution is -2.40. The molecule has 10 heteroatoms. The first-order valence-electron chi connectivity index (χ1n) is 9.03. The maximum Gasteiger partial charge on any atom is 0.260 e. The number of amides is 1. The molecule has 0 saturated heterocycles. The van der Waals surface area contributed by atoms with Gasteiger partial charge in [0.05, 0.1) is 39.0 Å². The molecule has 162 valence electrons. The highest BCUT2D eigenvalue weighted by atomic mass is 32.2. The normalized spacial score (nSPS) is 11.2. The van der Waals surface area contributed by atoms with Crippen molar-refractivity contribution in [2.75, 3.05) is 37.9 Å². The molecule has 0 unspecified atom stereocenters. The lowest BCUT2D eigenvalue weighted by molar-refractivity contribution is -0.119. The fourth-order valence-electron chi connectivity index (χ4n) is 2.61. The SMILES string of the molecule is CCS(=O)(=O)N(CC(=O)N/N=C\c1cccc(OC)c1OC)c1ccc(OC)cc1. The average molecular weight is 436 g/mol. The van der Waals surface area contributed by atoms with Crippen molar-refractivity contribution in [1.82, 2.24) is 5.43 Å². The van der Waals surface area contributed by atoms with E-state index < -0.39 is 22.5 Å². The van der Waals surface area contributed by atoms with Gasteiger partial charge in [-0.3, -0.25) is 9.10 Å². The van der Waals surface area contributed by atoms with Gasteiger partial charge in [0.25, 0.3) is 5.91 Å². The van der Waals surface area contributed by atoms with Gasteiger partial charge in [-0.1, -0.05) is 6.07 Å². The molecule has 0 radical (unpaired) electrons. The van der Waals surface area contributed by atoms with Crippen LogP contribution in [0, 0.1) is 0 Å². The van der Waals surface area contributed by atoms with E-state index >= 15 is 0 Å². The third kappa shape index (κ3) is 5.63. The fourth-order valence-corrected chi connectivity index (χ4v) is 3.68. The van der Waals surface area contributed by atoms with E-state index in [2.05, 4.69) is 10.5 Å². The van der Waals surface area contributed by atoms with Gasteiger partial charge in [0.15, 0.2) is 11.5 Å². The van der Waals surface area contributed by atoms with Crippen molar-refractivity contribution in [1.29, 1.82) is 0 Å². The van der Waals surface area contributed by atoms with E-state index in [1.807, 2.05) is 0 Å². The molecule has 2 aromatic carbocycles. The van der Waals surface area contributed by atoms with Crippen molar-refractivity contribution in [3.8, 4) is 17.2 Å². The van der Waals surface area contributed by atoms with Crippen LogP contribution in [0.15, 0.2) is 47.6 Å². The lowest BCUT2D eigenvalue weighted by Gasteiger charge is -2.23. The highest BCUT2D eigenvalue weighted by Crippen LogP contribution is 2.29. The number of rotatable bonds is 10. The van der Waals surface area contributed by atoms with Crippen LogP contribution >= 0.6 is 0 Å². The number of ether oxygens (including phenoxy) is 3. The predicted octanol–water partition coefficient (Wildman–Crippen LogP) is 2.02. The highest BCUT2D eigenvalue weighted by molar-refractivity contribution is 7.92. The molecule has 0 aliphatic heterocycles. The van der Waals surface area contributed by atoms with Crippen LogP contribution < -0.4 is 23.9 Å². The van der Waals surface area contributed by atoms with Crippen molar-refractivity contribution in [2.24, 2.45) is 5.10 Å². The quantitative estimate of drug-likeness (QED) is 0.452. The van der Waals surface area contributed by atoms with Crippen LogP contribution in [0.1, 0.15) is 12.5 Å². The summed E-state index contributed by atoms with van der Waals surface area (Å²) in [5.41, 5.74) is 3.28. The topological polar surface area (TPSA) is 107 Å². The first-order chi connectivity index (χ1) is 14.4. The number of carbonyl (C=O) groups excluding carboxylic acids is 1. The molecule has 0 aliphatic carbocycles. The van der Waals surface area contributed by atoms with Crippen LogP contribution in [0.2, 0.25) is 0 Å². The molecule has 0 heterocycles. The number of methoxy groups -OCH3 is 3. The lowest BCUT2D eigenvalue weighted by atomic mass is 10.2. The summed E-state index contributed by atoms with van der Waals surface area (Å²) in [6, 6.07) is 11.6. The maximum absolute atomic E-state index is 12.5. The summed E-state index contributed by atoms with van der Waals surface area (Å²) in [6.07, 6.45) is 1.39. The molecule has 1 N–H and O–H groups in total. The molecule has 0 saturated carbocycles. The van der Waals surface area contributed by atoms with Gasteiger partial charge in [-0.2, -0.15) is 5.10 Å². The minimum absolute atomic E-state index is 0.156. The Morgan fingerprint density at radius 2 is 1.77 bits per heavy atom. The Balaban J connectivity index is 2.16. The van der Waals surface area contributed by atoms with Crippen LogP contribution in [0.5, 0.6) is 17.2 Å². The Kier molecular flexibility index (Phi) is 8.05. The molecule has 2 aromatic rings. The van der Waals surface area contributed by atoms with Crippen molar-refractivity contribution in [3.63, 3.8) is 0 Å². The third-order valence-corrected chi connectivity index (χ3v) is 5.92. The van der Waals surface area contributed by atoms with Crippen molar-refractivity contribution < 1.29 is 27.4 Å². The van der Waals surface area contributed by atoms with Gasteiger partial charge in [-0.25, -0.2) is 13.8 Å². The molecule has 0 aliphatic rings. The van der Waals surface area contributed by atoms with Gasteiger partial charge >= 0.3 is 0 Å². The van der Waals surface area contributed by atoms with Crippen molar-refractivity contribution in [2.45, 2.75) is 6.92 Å². The highest BCUT2D eigenvalue weighted by Gasteiger charge is 2.23. The molecule has 2 rings (SSSR count). The van der Waals surface area contributed by atoms with Crippen molar-refractivity contribution in [3.05, 3.63) is 48.0 Å². The summed E-state index contributed by atoms with van der Waals surface area (Å²) in [6.45, 7) is 1.09. The van der Waals surface area contributed by atoms with Crippen molar-refractivity contribution >= 4 is 27.8 Å². The van der Waals surface area contributed by atoms with Crippen LogP contribution in [-0.4, -0.2) is 54.2 Å². The number of anilines is 1. The van der Waals surface area contributed by atoms with Gasteiger partial charge in [-0.15, -0.1) is 0 Å². The number of nitrogens with zero attached hydrogens (tertiary/aromatic N) is 2. The fraction of sp³-hybridized carbons (Fsp3) is 0.300.